The number of hydrogen-bond acceptors (Lipinski definition) is 6. The van der Waals surface area contributed by atoms with Crippen molar-refractivity contribution in [3.8, 4) is 0 Å². The Morgan fingerprint density at radius 2 is 2.17 bits per heavy atom. The van der Waals surface area contributed by atoms with Crippen molar-refractivity contribution >= 4 is 23.3 Å². The van der Waals surface area contributed by atoms with Gasteiger partial charge in [0.25, 0.3) is 0 Å². The van der Waals surface area contributed by atoms with E-state index in [4.69, 9.17) is 0 Å². The first-order chi connectivity index (χ1) is 8.70. The molecule has 100 valence electrons. The van der Waals surface area contributed by atoms with E-state index in [0.29, 0.717) is 17.4 Å². The van der Waals surface area contributed by atoms with Gasteiger partial charge in [-0.05, 0) is 19.1 Å². The quantitative estimate of drug-likeness (QED) is 0.257. The van der Waals surface area contributed by atoms with Gasteiger partial charge >= 0.3 is 5.69 Å². The zero-order chi connectivity index (χ0) is 13.4. The molecule has 6 nitrogen and oxygen atoms in total. The lowest BCUT2D eigenvalue weighted by Crippen LogP contribution is -2.05. The van der Waals surface area contributed by atoms with Gasteiger partial charge in [-0.2, -0.15) is 0 Å². The molecule has 0 spiro atoms. The van der Waals surface area contributed by atoms with Gasteiger partial charge in [0.1, 0.15) is 6.33 Å². The SMILES string of the molecule is CCCCCSc1ncnc(NCC)c1[N+](=O)[O-]. The van der Waals surface area contributed by atoms with Crippen LogP contribution in [0.15, 0.2) is 11.4 Å². The predicted molar refractivity (Wildman–Crippen MR) is 73.1 cm³/mol. The summed E-state index contributed by atoms with van der Waals surface area (Å²) in [6.45, 7) is 4.60. The molecule has 0 aliphatic carbocycles. The Morgan fingerprint density at radius 1 is 1.39 bits per heavy atom. The molecule has 0 saturated carbocycles. The lowest BCUT2D eigenvalue weighted by molar-refractivity contribution is -0.387. The summed E-state index contributed by atoms with van der Waals surface area (Å²) < 4.78 is 0. The average Bonchev–Trinajstić information content (AvgIpc) is 2.35. The number of nitro groups is 1. The number of thioether (sulfide) groups is 1. The van der Waals surface area contributed by atoms with Crippen LogP contribution in [0, 0.1) is 10.1 Å². The van der Waals surface area contributed by atoms with Crippen molar-refractivity contribution in [1.82, 2.24) is 9.97 Å². The maximum atomic E-state index is 11.1. The van der Waals surface area contributed by atoms with E-state index < -0.39 is 4.92 Å². The lowest BCUT2D eigenvalue weighted by atomic mass is 10.3. The van der Waals surface area contributed by atoms with Gasteiger partial charge in [-0.1, -0.05) is 31.5 Å². The molecule has 18 heavy (non-hydrogen) atoms. The van der Waals surface area contributed by atoms with Crippen molar-refractivity contribution in [2.24, 2.45) is 0 Å². The highest BCUT2D eigenvalue weighted by atomic mass is 32.2. The fourth-order valence-corrected chi connectivity index (χ4v) is 2.42. The first-order valence-corrected chi connectivity index (χ1v) is 7.05. The predicted octanol–water partition coefficient (Wildman–Crippen LogP) is 3.10. The van der Waals surface area contributed by atoms with Crippen molar-refractivity contribution in [1.29, 1.82) is 0 Å². The Hall–Kier alpha value is -1.37. The molecular weight excluding hydrogens is 252 g/mol. The maximum Gasteiger partial charge on any atom is 0.343 e. The summed E-state index contributed by atoms with van der Waals surface area (Å²) in [5.41, 5.74) is -0.0131. The lowest BCUT2D eigenvalue weighted by Gasteiger charge is -2.06. The summed E-state index contributed by atoms with van der Waals surface area (Å²) in [6.07, 6.45) is 4.67. The molecule has 1 aromatic rings. The van der Waals surface area contributed by atoms with Crippen LogP contribution in [0.4, 0.5) is 11.5 Å². The highest BCUT2D eigenvalue weighted by molar-refractivity contribution is 7.99. The van der Waals surface area contributed by atoms with Crippen LogP contribution >= 0.6 is 11.8 Å². The Labute approximate surface area is 111 Å². The fraction of sp³-hybridized carbons (Fsp3) is 0.636. The van der Waals surface area contributed by atoms with Gasteiger partial charge in [0, 0.05) is 6.54 Å². The van der Waals surface area contributed by atoms with E-state index in [2.05, 4.69) is 22.2 Å². The zero-order valence-electron chi connectivity index (χ0n) is 10.7. The van der Waals surface area contributed by atoms with Crippen molar-refractivity contribution in [3.05, 3.63) is 16.4 Å². The van der Waals surface area contributed by atoms with Crippen molar-refractivity contribution in [2.75, 3.05) is 17.6 Å². The minimum atomic E-state index is -0.417. The summed E-state index contributed by atoms with van der Waals surface area (Å²) in [6, 6.07) is 0. The highest BCUT2D eigenvalue weighted by Gasteiger charge is 2.22. The zero-order valence-corrected chi connectivity index (χ0v) is 11.5. The van der Waals surface area contributed by atoms with Crippen LogP contribution in [0.5, 0.6) is 0 Å². The summed E-state index contributed by atoms with van der Waals surface area (Å²) in [5, 5.41) is 14.4. The van der Waals surface area contributed by atoms with E-state index in [1.54, 1.807) is 0 Å². The Kier molecular flexibility index (Phi) is 6.42. The molecule has 1 aromatic heterocycles. The molecule has 0 aliphatic rings. The van der Waals surface area contributed by atoms with Gasteiger partial charge in [-0.3, -0.25) is 10.1 Å². The van der Waals surface area contributed by atoms with Crippen LogP contribution in [0.25, 0.3) is 0 Å². The Morgan fingerprint density at radius 3 is 2.78 bits per heavy atom. The standard InChI is InChI=1S/C11H18N4O2S/c1-3-5-6-7-18-11-9(15(16)17)10(12-4-2)13-8-14-11/h8H,3-7H2,1-2H3,(H,12,13,14). The highest BCUT2D eigenvalue weighted by Crippen LogP contribution is 2.32. The molecule has 0 saturated heterocycles. The van der Waals surface area contributed by atoms with E-state index in [1.807, 2.05) is 6.92 Å². The normalized spacial score (nSPS) is 10.3. The number of hydrogen-bond donors (Lipinski definition) is 1. The van der Waals surface area contributed by atoms with E-state index in [1.165, 1.54) is 18.1 Å². The van der Waals surface area contributed by atoms with Gasteiger partial charge in [-0.15, -0.1) is 0 Å². The third-order valence-corrected chi connectivity index (χ3v) is 3.37. The largest absolute Gasteiger partial charge is 0.364 e. The van der Waals surface area contributed by atoms with E-state index in [9.17, 15) is 10.1 Å². The summed E-state index contributed by atoms with van der Waals surface area (Å²) in [5.74, 6) is 1.15. The van der Waals surface area contributed by atoms with Crippen molar-refractivity contribution < 1.29 is 4.92 Å². The minimum Gasteiger partial charge on any atom is -0.364 e. The van der Waals surface area contributed by atoms with Gasteiger partial charge < -0.3 is 5.32 Å². The van der Waals surface area contributed by atoms with Gasteiger partial charge in [-0.25, -0.2) is 9.97 Å². The third-order valence-electron chi connectivity index (χ3n) is 2.30. The molecule has 0 aromatic carbocycles. The van der Waals surface area contributed by atoms with Gasteiger partial charge in [0.05, 0.1) is 4.92 Å². The summed E-state index contributed by atoms with van der Waals surface area (Å²) in [4.78, 5) is 18.6. The second kappa shape index (κ2) is 7.86. The van der Waals surface area contributed by atoms with Crippen LogP contribution in [-0.2, 0) is 0 Å². The van der Waals surface area contributed by atoms with Crippen molar-refractivity contribution in [3.63, 3.8) is 0 Å². The van der Waals surface area contributed by atoms with Crippen LogP contribution in [-0.4, -0.2) is 27.2 Å². The summed E-state index contributed by atoms with van der Waals surface area (Å²) in [7, 11) is 0. The van der Waals surface area contributed by atoms with Crippen LogP contribution in [0.3, 0.4) is 0 Å². The second-order valence-corrected chi connectivity index (χ2v) is 4.80. The number of rotatable bonds is 8. The first-order valence-electron chi connectivity index (χ1n) is 6.06. The number of nitrogens with one attached hydrogen (secondary N) is 1. The second-order valence-electron chi connectivity index (χ2n) is 3.72. The molecule has 0 fully saturated rings. The Bertz CT molecular complexity index is 401. The molecule has 1 heterocycles. The van der Waals surface area contributed by atoms with E-state index in [0.717, 1.165) is 25.0 Å². The number of nitrogens with zero attached hydrogens (tertiary/aromatic N) is 3. The number of anilines is 1. The number of aromatic nitrogens is 2. The molecule has 1 N–H and O–H groups in total. The molecule has 0 bridgehead atoms. The van der Waals surface area contributed by atoms with Crippen LogP contribution in [0.1, 0.15) is 33.1 Å². The molecule has 0 atom stereocenters. The van der Waals surface area contributed by atoms with Gasteiger partial charge in [0.15, 0.2) is 5.03 Å². The molecular formula is C11H18N4O2S. The molecule has 7 heteroatoms. The smallest absolute Gasteiger partial charge is 0.343 e. The molecule has 0 amide bonds. The van der Waals surface area contributed by atoms with E-state index >= 15 is 0 Å². The van der Waals surface area contributed by atoms with E-state index in [-0.39, 0.29) is 5.69 Å². The Balaban J connectivity index is 2.82. The number of unbranched alkanes of at least 4 members (excludes halogenated alkanes) is 2. The molecule has 0 radical (unpaired) electrons. The summed E-state index contributed by atoms with van der Waals surface area (Å²) >= 11 is 1.42. The molecule has 0 unspecified atom stereocenters. The first kappa shape index (κ1) is 14.7. The van der Waals surface area contributed by atoms with Crippen molar-refractivity contribution in [2.45, 2.75) is 38.1 Å². The third kappa shape index (κ3) is 4.14. The molecule has 1 rings (SSSR count). The van der Waals surface area contributed by atoms with Crippen LogP contribution in [0.2, 0.25) is 0 Å². The average molecular weight is 270 g/mol. The fourth-order valence-electron chi connectivity index (χ4n) is 1.45. The monoisotopic (exact) mass is 270 g/mol. The minimum absolute atomic E-state index is 0.0131. The van der Waals surface area contributed by atoms with Gasteiger partial charge in [0.2, 0.25) is 5.82 Å². The van der Waals surface area contributed by atoms with Crippen LogP contribution < -0.4 is 5.32 Å². The maximum absolute atomic E-state index is 11.1. The topological polar surface area (TPSA) is 81.0 Å². The molecule has 0 aliphatic heterocycles.